The molecule has 108 valence electrons. The van der Waals surface area contributed by atoms with Gasteiger partial charge in [-0.25, -0.2) is 4.98 Å². The summed E-state index contributed by atoms with van der Waals surface area (Å²) in [6, 6.07) is 5.43. The van der Waals surface area contributed by atoms with Gasteiger partial charge in [0.1, 0.15) is 11.0 Å². The Labute approximate surface area is 130 Å². The molecule has 0 aliphatic heterocycles. The van der Waals surface area contributed by atoms with Crippen LogP contribution >= 0.6 is 23.2 Å². The molecule has 0 aliphatic rings. The zero-order chi connectivity index (χ0) is 14.8. The van der Waals surface area contributed by atoms with E-state index in [0.29, 0.717) is 39.5 Å². The highest BCUT2D eigenvalue weighted by atomic mass is 35.5. The van der Waals surface area contributed by atoms with Crippen molar-refractivity contribution in [1.82, 2.24) is 20.2 Å². The molecule has 6 nitrogen and oxygen atoms in total. The Morgan fingerprint density at radius 2 is 2.10 bits per heavy atom. The van der Waals surface area contributed by atoms with E-state index in [1.54, 1.807) is 25.4 Å². The first-order valence-corrected chi connectivity index (χ1v) is 6.86. The highest BCUT2D eigenvalue weighted by molar-refractivity contribution is 6.42. The number of aromatic amines is 1. The number of hydrogen-bond acceptors (Lipinski definition) is 5. The lowest BCUT2D eigenvalue weighted by Crippen LogP contribution is -2.04. The van der Waals surface area contributed by atoms with Crippen molar-refractivity contribution in [3.05, 3.63) is 40.0 Å². The standard InChI is InChI=1S/C13H11Cl2N5O/c1-21-12-11-10(6-17-20-11)18-13(19-12)16-5-7-2-3-8(14)9(15)4-7/h2-4,6H,5H2,1H3,(H,17,20)(H,16,18,19). The lowest BCUT2D eigenvalue weighted by atomic mass is 10.2. The topological polar surface area (TPSA) is 75.7 Å². The average Bonchev–Trinajstić information content (AvgIpc) is 2.96. The van der Waals surface area contributed by atoms with Crippen molar-refractivity contribution < 1.29 is 4.74 Å². The van der Waals surface area contributed by atoms with Crippen LogP contribution in [0.25, 0.3) is 11.0 Å². The Kier molecular flexibility index (Phi) is 3.81. The van der Waals surface area contributed by atoms with Gasteiger partial charge >= 0.3 is 0 Å². The van der Waals surface area contributed by atoms with Crippen LogP contribution in [0.2, 0.25) is 10.0 Å². The second-order valence-corrected chi connectivity index (χ2v) is 5.10. The zero-order valence-corrected chi connectivity index (χ0v) is 12.5. The van der Waals surface area contributed by atoms with E-state index in [2.05, 4.69) is 25.5 Å². The quantitative estimate of drug-likeness (QED) is 0.770. The minimum atomic E-state index is 0.439. The van der Waals surface area contributed by atoms with Crippen molar-refractivity contribution in [1.29, 1.82) is 0 Å². The largest absolute Gasteiger partial charge is 0.479 e. The van der Waals surface area contributed by atoms with E-state index in [4.69, 9.17) is 27.9 Å². The molecule has 0 bridgehead atoms. The molecule has 1 aromatic carbocycles. The first kappa shape index (κ1) is 13.9. The first-order valence-electron chi connectivity index (χ1n) is 6.10. The third-order valence-electron chi connectivity index (χ3n) is 2.89. The molecule has 0 atom stereocenters. The molecule has 0 unspecified atom stereocenters. The van der Waals surface area contributed by atoms with Crippen LogP contribution in [0, 0.1) is 0 Å². The fraction of sp³-hybridized carbons (Fsp3) is 0.154. The predicted molar refractivity (Wildman–Crippen MR) is 82.0 cm³/mol. The van der Waals surface area contributed by atoms with Gasteiger partial charge in [0.2, 0.25) is 11.8 Å². The van der Waals surface area contributed by atoms with E-state index in [1.165, 1.54) is 0 Å². The SMILES string of the molecule is COc1nc(NCc2ccc(Cl)c(Cl)c2)nc2cn[nH]c12. The highest BCUT2D eigenvalue weighted by Crippen LogP contribution is 2.24. The van der Waals surface area contributed by atoms with Crippen LogP contribution in [0.3, 0.4) is 0 Å². The molecule has 0 radical (unpaired) electrons. The van der Waals surface area contributed by atoms with Crippen LogP contribution in [0.15, 0.2) is 24.4 Å². The van der Waals surface area contributed by atoms with Crippen molar-refractivity contribution in [2.75, 3.05) is 12.4 Å². The smallest absolute Gasteiger partial charge is 0.244 e. The molecule has 8 heteroatoms. The van der Waals surface area contributed by atoms with Crippen LogP contribution in [-0.2, 0) is 6.54 Å². The number of fused-ring (bicyclic) bond motifs is 1. The Balaban J connectivity index is 1.82. The number of aromatic nitrogens is 4. The van der Waals surface area contributed by atoms with Crippen molar-refractivity contribution in [3.8, 4) is 5.88 Å². The summed E-state index contributed by atoms with van der Waals surface area (Å²) in [7, 11) is 1.55. The van der Waals surface area contributed by atoms with Gasteiger partial charge in [-0.15, -0.1) is 0 Å². The van der Waals surface area contributed by atoms with Crippen LogP contribution in [-0.4, -0.2) is 27.3 Å². The summed E-state index contributed by atoms with van der Waals surface area (Å²) in [6.45, 7) is 0.517. The van der Waals surface area contributed by atoms with E-state index in [-0.39, 0.29) is 0 Å². The summed E-state index contributed by atoms with van der Waals surface area (Å²) in [5.41, 5.74) is 2.32. The number of nitrogens with one attached hydrogen (secondary N) is 2. The number of benzene rings is 1. The second-order valence-electron chi connectivity index (χ2n) is 4.29. The van der Waals surface area contributed by atoms with Gasteiger partial charge in [-0.2, -0.15) is 10.1 Å². The summed E-state index contributed by atoms with van der Waals surface area (Å²) in [5.74, 6) is 0.890. The number of rotatable bonds is 4. The van der Waals surface area contributed by atoms with E-state index >= 15 is 0 Å². The zero-order valence-electron chi connectivity index (χ0n) is 11.0. The van der Waals surface area contributed by atoms with E-state index < -0.39 is 0 Å². The molecular formula is C13H11Cl2N5O. The second kappa shape index (κ2) is 5.75. The highest BCUT2D eigenvalue weighted by Gasteiger charge is 2.09. The van der Waals surface area contributed by atoms with Crippen LogP contribution in [0.4, 0.5) is 5.95 Å². The molecule has 2 heterocycles. The molecule has 2 aromatic heterocycles. The van der Waals surface area contributed by atoms with Crippen LogP contribution < -0.4 is 10.1 Å². The Bertz CT molecular complexity index is 789. The van der Waals surface area contributed by atoms with Gasteiger partial charge in [-0.1, -0.05) is 29.3 Å². The van der Waals surface area contributed by atoms with Gasteiger partial charge in [-0.05, 0) is 17.7 Å². The average molecular weight is 324 g/mol. The van der Waals surface area contributed by atoms with Gasteiger partial charge < -0.3 is 10.1 Å². The fourth-order valence-corrected chi connectivity index (χ4v) is 2.19. The maximum Gasteiger partial charge on any atom is 0.244 e. The van der Waals surface area contributed by atoms with Gasteiger partial charge in [-0.3, -0.25) is 5.10 Å². The normalized spacial score (nSPS) is 10.8. The minimum absolute atomic E-state index is 0.439. The van der Waals surface area contributed by atoms with Gasteiger partial charge in [0.15, 0.2) is 0 Å². The van der Waals surface area contributed by atoms with Crippen molar-refractivity contribution in [2.45, 2.75) is 6.54 Å². The summed E-state index contributed by atoms with van der Waals surface area (Å²) in [6.07, 6.45) is 1.61. The summed E-state index contributed by atoms with van der Waals surface area (Å²) in [5, 5.41) is 10.9. The summed E-state index contributed by atoms with van der Waals surface area (Å²) in [4.78, 5) is 8.62. The number of nitrogens with zero attached hydrogens (tertiary/aromatic N) is 3. The molecule has 0 saturated heterocycles. The number of methoxy groups -OCH3 is 1. The van der Waals surface area contributed by atoms with E-state index in [9.17, 15) is 0 Å². The number of ether oxygens (including phenoxy) is 1. The van der Waals surface area contributed by atoms with E-state index in [1.807, 2.05) is 6.07 Å². The molecular weight excluding hydrogens is 313 g/mol. The molecule has 0 aliphatic carbocycles. The molecule has 3 rings (SSSR count). The van der Waals surface area contributed by atoms with Crippen molar-refractivity contribution in [2.24, 2.45) is 0 Å². The van der Waals surface area contributed by atoms with Crippen molar-refractivity contribution in [3.63, 3.8) is 0 Å². The first-order chi connectivity index (χ1) is 10.2. The number of H-pyrrole nitrogens is 1. The molecule has 2 N–H and O–H groups in total. The molecule has 0 fully saturated rings. The fourth-order valence-electron chi connectivity index (χ4n) is 1.87. The lowest BCUT2D eigenvalue weighted by molar-refractivity contribution is 0.402. The Morgan fingerprint density at radius 3 is 2.86 bits per heavy atom. The maximum atomic E-state index is 5.98. The predicted octanol–water partition coefficient (Wildman–Crippen LogP) is 3.28. The van der Waals surface area contributed by atoms with Gasteiger partial charge in [0.05, 0.1) is 23.4 Å². The monoisotopic (exact) mass is 323 g/mol. The summed E-state index contributed by atoms with van der Waals surface area (Å²) >= 11 is 11.9. The number of anilines is 1. The lowest BCUT2D eigenvalue weighted by Gasteiger charge is -2.07. The number of halogens is 2. The Hall–Kier alpha value is -2.05. The summed E-state index contributed by atoms with van der Waals surface area (Å²) < 4.78 is 5.21. The molecule has 0 saturated carbocycles. The molecule has 0 spiro atoms. The van der Waals surface area contributed by atoms with E-state index in [0.717, 1.165) is 5.56 Å². The van der Waals surface area contributed by atoms with Gasteiger partial charge in [0, 0.05) is 6.54 Å². The Morgan fingerprint density at radius 1 is 1.24 bits per heavy atom. The number of hydrogen-bond donors (Lipinski definition) is 2. The molecule has 0 amide bonds. The van der Waals surface area contributed by atoms with Gasteiger partial charge in [0.25, 0.3) is 0 Å². The van der Waals surface area contributed by atoms with Crippen LogP contribution in [0.1, 0.15) is 5.56 Å². The van der Waals surface area contributed by atoms with Crippen molar-refractivity contribution >= 4 is 40.2 Å². The molecule has 21 heavy (non-hydrogen) atoms. The maximum absolute atomic E-state index is 5.98. The molecule has 3 aromatic rings. The van der Waals surface area contributed by atoms with Crippen LogP contribution in [0.5, 0.6) is 5.88 Å². The third-order valence-corrected chi connectivity index (χ3v) is 3.63. The third kappa shape index (κ3) is 2.86. The minimum Gasteiger partial charge on any atom is -0.479 e.